The molecule has 1 aromatic carbocycles. The normalized spacial score (nSPS) is 20.0. The summed E-state index contributed by atoms with van der Waals surface area (Å²) in [5.74, 6) is -0.853. The van der Waals surface area contributed by atoms with Crippen molar-refractivity contribution in [2.45, 2.75) is 31.9 Å². The van der Waals surface area contributed by atoms with Crippen LogP contribution in [0.4, 0.5) is 0 Å². The molecule has 6 nitrogen and oxygen atoms in total. The standard InChI is InChI=1S/C17H21N3O3S/c1-11-5-4-6-12(2)15(11)10-24(22,23)19-17(21)14-9-13(14)16-7-8-18-20(16)3/h4-8,13-14H,9-10H2,1-3H3,(H,19,21)/t13-,14-/m1/s1. The van der Waals surface area contributed by atoms with Crippen molar-refractivity contribution in [1.82, 2.24) is 14.5 Å². The van der Waals surface area contributed by atoms with Gasteiger partial charge in [-0.05, 0) is 43.0 Å². The van der Waals surface area contributed by atoms with Crippen LogP contribution in [0.2, 0.25) is 0 Å². The summed E-state index contributed by atoms with van der Waals surface area (Å²) in [6.07, 6.45) is 2.34. The SMILES string of the molecule is Cc1cccc(C)c1CS(=O)(=O)NC(=O)[C@@H]1C[C@H]1c1ccnn1C. The van der Waals surface area contributed by atoms with Gasteiger partial charge in [0.05, 0.1) is 5.75 Å². The lowest BCUT2D eigenvalue weighted by molar-refractivity contribution is -0.120. The molecule has 1 aromatic heterocycles. The fraction of sp³-hybridized carbons (Fsp3) is 0.412. The maximum atomic E-state index is 12.4. The van der Waals surface area contributed by atoms with Crippen molar-refractivity contribution in [2.75, 3.05) is 0 Å². The molecule has 1 fully saturated rings. The lowest BCUT2D eigenvalue weighted by Gasteiger charge is -2.11. The number of rotatable bonds is 5. The molecule has 0 radical (unpaired) electrons. The molecule has 2 atom stereocenters. The largest absolute Gasteiger partial charge is 0.274 e. The molecule has 24 heavy (non-hydrogen) atoms. The topological polar surface area (TPSA) is 81.1 Å². The Morgan fingerprint density at radius 3 is 2.54 bits per heavy atom. The predicted octanol–water partition coefficient (Wildman–Crippen LogP) is 1.79. The minimum atomic E-state index is -3.71. The average molecular weight is 347 g/mol. The lowest BCUT2D eigenvalue weighted by Crippen LogP contribution is -2.33. The predicted molar refractivity (Wildman–Crippen MR) is 90.7 cm³/mol. The van der Waals surface area contributed by atoms with Gasteiger partial charge in [0.15, 0.2) is 0 Å². The number of carbonyl (C=O) groups is 1. The van der Waals surface area contributed by atoms with Crippen LogP contribution in [0.3, 0.4) is 0 Å². The van der Waals surface area contributed by atoms with Gasteiger partial charge in [-0.25, -0.2) is 8.42 Å². The van der Waals surface area contributed by atoms with Gasteiger partial charge in [0.2, 0.25) is 15.9 Å². The number of nitrogens with one attached hydrogen (secondary N) is 1. The quantitative estimate of drug-likeness (QED) is 0.894. The molecule has 0 saturated heterocycles. The van der Waals surface area contributed by atoms with E-state index in [-0.39, 0.29) is 17.6 Å². The highest BCUT2D eigenvalue weighted by atomic mass is 32.2. The van der Waals surface area contributed by atoms with E-state index in [2.05, 4.69) is 9.82 Å². The summed E-state index contributed by atoms with van der Waals surface area (Å²) in [6.45, 7) is 3.75. The van der Waals surface area contributed by atoms with Gasteiger partial charge in [0, 0.05) is 30.8 Å². The number of hydrogen-bond donors (Lipinski definition) is 1. The zero-order chi connectivity index (χ0) is 17.5. The minimum absolute atomic E-state index is 0.0490. The molecular weight excluding hydrogens is 326 g/mol. The number of nitrogens with zero attached hydrogens (tertiary/aromatic N) is 2. The Morgan fingerprint density at radius 1 is 1.29 bits per heavy atom. The molecule has 1 aliphatic rings. The number of aryl methyl sites for hydroxylation is 3. The van der Waals surface area contributed by atoms with E-state index in [1.165, 1.54) is 0 Å². The molecule has 0 unspecified atom stereocenters. The molecule has 1 heterocycles. The van der Waals surface area contributed by atoms with Gasteiger partial charge in [0.1, 0.15) is 0 Å². The molecule has 7 heteroatoms. The maximum Gasteiger partial charge on any atom is 0.239 e. The van der Waals surface area contributed by atoms with Crippen molar-refractivity contribution in [3.8, 4) is 0 Å². The first kappa shape index (κ1) is 16.7. The van der Waals surface area contributed by atoms with E-state index in [0.29, 0.717) is 6.42 Å². The maximum absolute atomic E-state index is 12.4. The number of carbonyl (C=O) groups excluding carboxylic acids is 1. The molecule has 3 rings (SSSR count). The first-order valence-electron chi connectivity index (χ1n) is 7.86. The van der Waals surface area contributed by atoms with Crippen LogP contribution in [0.5, 0.6) is 0 Å². The highest BCUT2D eigenvalue weighted by Gasteiger charge is 2.46. The average Bonchev–Trinajstić information content (AvgIpc) is 3.18. The molecule has 0 aliphatic heterocycles. The molecule has 128 valence electrons. The van der Waals surface area contributed by atoms with Gasteiger partial charge < -0.3 is 0 Å². The minimum Gasteiger partial charge on any atom is -0.274 e. The summed E-state index contributed by atoms with van der Waals surface area (Å²) in [4.78, 5) is 12.3. The van der Waals surface area contributed by atoms with Crippen molar-refractivity contribution < 1.29 is 13.2 Å². The molecule has 1 saturated carbocycles. The van der Waals surface area contributed by atoms with Crippen LogP contribution in [0.25, 0.3) is 0 Å². The fourth-order valence-electron chi connectivity index (χ4n) is 3.09. The zero-order valence-corrected chi connectivity index (χ0v) is 14.8. The Hall–Kier alpha value is -2.15. The van der Waals surface area contributed by atoms with Gasteiger partial charge in [-0.3, -0.25) is 14.2 Å². The third kappa shape index (κ3) is 3.36. The van der Waals surface area contributed by atoms with Crippen LogP contribution in [-0.2, 0) is 27.6 Å². The summed E-state index contributed by atoms with van der Waals surface area (Å²) in [7, 11) is -1.89. The molecule has 0 spiro atoms. The molecule has 1 N–H and O–H groups in total. The van der Waals surface area contributed by atoms with Gasteiger partial charge in [-0.2, -0.15) is 5.10 Å². The van der Waals surface area contributed by atoms with E-state index in [1.807, 2.05) is 45.2 Å². The first-order chi connectivity index (χ1) is 11.3. The van der Waals surface area contributed by atoms with Crippen LogP contribution < -0.4 is 4.72 Å². The summed E-state index contributed by atoms with van der Waals surface area (Å²) in [5, 5.41) is 4.09. The smallest absolute Gasteiger partial charge is 0.239 e. The summed E-state index contributed by atoms with van der Waals surface area (Å²) >= 11 is 0. The second kappa shape index (κ2) is 6.05. The molecule has 1 amide bonds. The molecular formula is C17H21N3O3S. The van der Waals surface area contributed by atoms with Crippen LogP contribution in [0.15, 0.2) is 30.5 Å². The van der Waals surface area contributed by atoms with Gasteiger partial charge >= 0.3 is 0 Å². The zero-order valence-electron chi connectivity index (χ0n) is 14.0. The van der Waals surface area contributed by atoms with Crippen molar-refractivity contribution in [1.29, 1.82) is 0 Å². The van der Waals surface area contributed by atoms with Crippen LogP contribution in [-0.4, -0.2) is 24.1 Å². The third-order valence-corrected chi connectivity index (χ3v) is 5.78. The van der Waals surface area contributed by atoms with Gasteiger partial charge in [0.25, 0.3) is 0 Å². The Kier molecular flexibility index (Phi) is 4.21. The summed E-state index contributed by atoms with van der Waals surface area (Å²) in [5.41, 5.74) is 3.53. The summed E-state index contributed by atoms with van der Waals surface area (Å²) in [6, 6.07) is 7.50. The molecule has 2 aromatic rings. The van der Waals surface area contributed by atoms with E-state index in [1.54, 1.807) is 10.9 Å². The van der Waals surface area contributed by atoms with E-state index in [4.69, 9.17) is 0 Å². The van der Waals surface area contributed by atoms with Crippen molar-refractivity contribution >= 4 is 15.9 Å². The van der Waals surface area contributed by atoms with Crippen molar-refractivity contribution in [3.63, 3.8) is 0 Å². The number of hydrogen-bond acceptors (Lipinski definition) is 4. The highest BCUT2D eigenvalue weighted by molar-refractivity contribution is 7.89. The van der Waals surface area contributed by atoms with Crippen molar-refractivity contribution in [3.05, 3.63) is 52.8 Å². The Balaban J connectivity index is 1.67. The second-order valence-electron chi connectivity index (χ2n) is 6.42. The molecule has 1 aliphatic carbocycles. The van der Waals surface area contributed by atoms with E-state index < -0.39 is 15.9 Å². The van der Waals surface area contributed by atoms with Crippen LogP contribution in [0.1, 0.15) is 34.7 Å². The first-order valence-corrected chi connectivity index (χ1v) is 9.51. The van der Waals surface area contributed by atoms with E-state index >= 15 is 0 Å². The Morgan fingerprint density at radius 2 is 1.96 bits per heavy atom. The third-order valence-electron chi connectivity index (χ3n) is 4.60. The Bertz CT molecular complexity index is 866. The van der Waals surface area contributed by atoms with Gasteiger partial charge in [-0.15, -0.1) is 0 Å². The highest BCUT2D eigenvalue weighted by Crippen LogP contribution is 2.47. The van der Waals surface area contributed by atoms with Crippen LogP contribution in [0, 0.1) is 19.8 Å². The number of sulfonamides is 1. The van der Waals surface area contributed by atoms with E-state index in [0.717, 1.165) is 22.4 Å². The Labute approximate surface area is 141 Å². The number of aromatic nitrogens is 2. The molecule has 0 bridgehead atoms. The van der Waals surface area contributed by atoms with E-state index in [9.17, 15) is 13.2 Å². The summed E-state index contributed by atoms with van der Waals surface area (Å²) < 4.78 is 28.7. The second-order valence-corrected chi connectivity index (χ2v) is 8.15. The fourth-order valence-corrected chi connectivity index (χ4v) is 4.46. The van der Waals surface area contributed by atoms with Gasteiger partial charge in [-0.1, -0.05) is 18.2 Å². The van der Waals surface area contributed by atoms with Crippen molar-refractivity contribution in [2.24, 2.45) is 13.0 Å². The van der Waals surface area contributed by atoms with Crippen LogP contribution >= 0.6 is 0 Å². The number of benzene rings is 1. The monoisotopic (exact) mass is 347 g/mol. The lowest BCUT2D eigenvalue weighted by atomic mass is 10.1. The number of amides is 1.